The number of para-hydroxylation sites is 3. The van der Waals surface area contributed by atoms with Crippen molar-refractivity contribution in [1.29, 1.82) is 0 Å². The predicted octanol–water partition coefficient (Wildman–Crippen LogP) is 3.08. The number of nitrogens with one attached hydrogen (secondary N) is 2. The van der Waals surface area contributed by atoms with E-state index in [-0.39, 0.29) is 0 Å². The van der Waals surface area contributed by atoms with Crippen LogP contribution in [0.1, 0.15) is 11.4 Å². The Hall–Kier alpha value is -2.33. The van der Waals surface area contributed by atoms with Crippen LogP contribution in [0.4, 0.5) is 0 Å². The first-order chi connectivity index (χ1) is 10.8. The number of fused-ring (bicyclic) bond motifs is 1. The van der Waals surface area contributed by atoms with Crippen LogP contribution in [0.5, 0.6) is 5.75 Å². The van der Waals surface area contributed by atoms with Crippen LogP contribution in [0.25, 0.3) is 11.0 Å². The maximum absolute atomic E-state index is 5.75. The second-order valence-electron chi connectivity index (χ2n) is 5.31. The molecule has 0 saturated carbocycles. The van der Waals surface area contributed by atoms with Crippen molar-refractivity contribution < 1.29 is 4.74 Å². The van der Waals surface area contributed by atoms with Gasteiger partial charge < -0.3 is 15.0 Å². The Kier molecular flexibility index (Phi) is 4.71. The summed E-state index contributed by atoms with van der Waals surface area (Å²) in [6.45, 7) is 4.45. The van der Waals surface area contributed by atoms with E-state index in [2.05, 4.69) is 34.3 Å². The van der Waals surface area contributed by atoms with Crippen LogP contribution in [-0.4, -0.2) is 29.7 Å². The Balaban J connectivity index is 1.38. The molecule has 0 unspecified atom stereocenters. The molecule has 2 N–H and O–H groups in total. The molecule has 0 fully saturated rings. The maximum atomic E-state index is 5.75. The molecule has 3 aromatic rings. The van der Waals surface area contributed by atoms with Crippen molar-refractivity contribution in [3.63, 3.8) is 0 Å². The molecule has 0 aliphatic carbocycles. The van der Waals surface area contributed by atoms with Gasteiger partial charge in [0.05, 0.1) is 11.0 Å². The van der Waals surface area contributed by atoms with Crippen molar-refractivity contribution in [2.24, 2.45) is 0 Å². The van der Waals surface area contributed by atoms with Gasteiger partial charge in [-0.15, -0.1) is 0 Å². The van der Waals surface area contributed by atoms with Crippen molar-refractivity contribution >= 4 is 11.0 Å². The molecule has 114 valence electrons. The van der Waals surface area contributed by atoms with E-state index in [9.17, 15) is 0 Å². The van der Waals surface area contributed by atoms with E-state index in [1.54, 1.807) is 0 Å². The summed E-state index contributed by atoms with van der Waals surface area (Å²) in [5.41, 5.74) is 3.30. The Morgan fingerprint density at radius 3 is 2.73 bits per heavy atom. The maximum Gasteiger partial charge on any atom is 0.122 e. The normalized spacial score (nSPS) is 11.0. The summed E-state index contributed by atoms with van der Waals surface area (Å²) in [6, 6.07) is 16.2. The monoisotopic (exact) mass is 295 g/mol. The highest BCUT2D eigenvalue weighted by molar-refractivity contribution is 5.74. The molecule has 2 aromatic carbocycles. The number of ether oxygens (including phenoxy) is 1. The number of aromatic amines is 1. The van der Waals surface area contributed by atoms with Crippen LogP contribution in [-0.2, 0) is 6.42 Å². The van der Waals surface area contributed by atoms with Gasteiger partial charge in [-0.1, -0.05) is 30.3 Å². The quantitative estimate of drug-likeness (QED) is 0.659. The number of imidazole rings is 1. The van der Waals surface area contributed by atoms with E-state index in [0.29, 0.717) is 6.61 Å². The molecular weight excluding hydrogens is 274 g/mol. The molecule has 0 bridgehead atoms. The highest BCUT2D eigenvalue weighted by Crippen LogP contribution is 2.15. The van der Waals surface area contributed by atoms with Crippen LogP contribution in [0.2, 0.25) is 0 Å². The molecular formula is C18H21N3O. The van der Waals surface area contributed by atoms with Gasteiger partial charge in [-0.2, -0.15) is 0 Å². The Labute approximate surface area is 130 Å². The van der Waals surface area contributed by atoms with Crippen molar-refractivity contribution in [2.45, 2.75) is 13.3 Å². The van der Waals surface area contributed by atoms with Gasteiger partial charge in [0, 0.05) is 19.5 Å². The third kappa shape index (κ3) is 3.65. The van der Waals surface area contributed by atoms with E-state index >= 15 is 0 Å². The third-order valence-electron chi connectivity index (χ3n) is 3.61. The minimum atomic E-state index is 0.672. The zero-order valence-corrected chi connectivity index (χ0v) is 12.8. The van der Waals surface area contributed by atoms with Gasteiger partial charge in [-0.3, -0.25) is 0 Å². The van der Waals surface area contributed by atoms with E-state index in [1.807, 2.05) is 36.4 Å². The molecule has 0 aliphatic rings. The lowest BCUT2D eigenvalue weighted by molar-refractivity contribution is 0.312. The summed E-state index contributed by atoms with van der Waals surface area (Å²) in [5, 5.41) is 3.38. The molecule has 4 heteroatoms. The van der Waals surface area contributed by atoms with Gasteiger partial charge >= 0.3 is 0 Å². The molecule has 0 aliphatic heterocycles. The molecule has 0 radical (unpaired) electrons. The van der Waals surface area contributed by atoms with Crippen LogP contribution in [0.15, 0.2) is 48.5 Å². The first kappa shape index (κ1) is 14.6. The van der Waals surface area contributed by atoms with Crippen LogP contribution < -0.4 is 10.1 Å². The number of benzene rings is 2. The van der Waals surface area contributed by atoms with Crippen molar-refractivity contribution in [3.05, 3.63) is 59.9 Å². The van der Waals surface area contributed by atoms with E-state index in [0.717, 1.165) is 42.1 Å². The van der Waals surface area contributed by atoms with Crippen LogP contribution in [0, 0.1) is 6.92 Å². The van der Waals surface area contributed by atoms with Gasteiger partial charge in [0.2, 0.25) is 0 Å². The SMILES string of the molecule is Cc1ccccc1OCCNCCc1nc2ccccc2[nH]1. The fourth-order valence-electron chi connectivity index (χ4n) is 2.41. The van der Waals surface area contributed by atoms with Gasteiger partial charge in [0.25, 0.3) is 0 Å². The van der Waals surface area contributed by atoms with Crippen molar-refractivity contribution in [3.8, 4) is 5.75 Å². The zero-order chi connectivity index (χ0) is 15.2. The van der Waals surface area contributed by atoms with Gasteiger partial charge in [0.15, 0.2) is 0 Å². The van der Waals surface area contributed by atoms with Crippen molar-refractivity contribution in [2.75, 3.05) is 19.7 Å². The Morgan fingerprint density at radius 2 is 1.86 bits per heavy atom. The molecule has 1 heterocycles. The fourth-order valence-corrected chi connectivity index (χ4v) is 2.41. The lowest BCUT2D eigenvalue weighted by Crippen LogP contribution is -2.23. The fraction of sp³-hybridized carbons (Fsp3) is 0.278. The second kappa shape index (κ2) is 7.09. The summed E-state index contributed by atoms with van der Waals surface area (Å²) in [7, 11) is 0. The number of aromatic nitrogens is 2. The Morgan fingerprint density at radius 1 is 1.05 bits per heavy atom. The van der Waals surface area contributed by atoms with E-state index < -0.39 is 0 Å². The largest absolute Gasteiger partial charge is 0.492 e. The average molecular weight is 295 g/mol. The summed E-state index contributed by atoms with van der Waals surface area (Å²) >= 11 is 0. The minimum absolute atomic E-state index is 0.672. The van der Waals surface area contributed by atoms with Gasteiger partial charge in [-0.25, -0.2) is 4.98 Å². The van der Waals surface area contributed by atoms with Crippen molar-refractivity contribution in [1.82, 2.24) is 15.3 Å². The highest BCUT2D eigenvalue weighted by Gasteiger charge is 2.01. The summed E-state index contributed by atoms with van der Waals surface area (Å²) in [6.07, 6.45) is 0.888. The molecule has 3 rings (SSSR count). The molecule has 22 heavy (non-hydrogen) atoms. The van der Waals surface area contributed by atoms with Gasteiger partial charge in [-0.05, 0) is 30.7 Å². The smallest absolute Gasteiger partial charge is 0.122 e. The number of aryl methyl sites for hydroxylation is 1. The first-order valence-corrected chi connectivity index (χ1v) is 7.66. The molecule has 0 amide bonds. The summed E-state index contributed by atoms with van der Waals surface area (Å²) in [5.74, 6) is 1.98. The first-order valence-electron chi connectivity index (χ1n) is 7.66. The topological polar surface area (TPSA) is 49.9 Å². The molecule has 0 spiro atoms. The predicted molar refractivity (Wildman–Crippen MR) is 89.3 cm³/mol. The molecule has 0 saturated heterocycles. The van der Waals surface area contributed by atoms with E-state index in [1.165, 1.54) is 5.56 Å². The average Bonchev–Trinajstić information content (AvgIpc) is 2.95. The highest BCUT2D eigenvalue weighted by atomic mass is 16.5. The molecule has 4 nitrogen and oxygen atoms in total. The second-order valence-corrected chi connectivity index (χ2v) is 5.31. The Bertz CT molecular complexity index is 703. The number of rotatable bonds is 7. The minimum Gasteiger partial charge on any atom is -0.492 e. The summed E-state index contributed by atoms with van der Waals surface area (Å²) in [4.78, 5) is 7.90. The molecule has 1 aromatic heterocycles. The summed E-state index contributed by atoms with van der Waals surface area (Å²) < 4.78 is 5.75. The lowest BCUT2D eigenvalue weighted by Gasteiger charge is -2.09. The van der Waals surface area contributed by atoms with E-state index in [4.69, 9.17) is 4.74 Å². The number of hydrogen-bond acceptors (Lipinski definition) is 3. The standard InChI is InChI=1S/C18H21N3O/c1-14-6-2-5-9-17(14)22-13-12-19-11-10-18-20-15-7-3-4-8-16(15)21-18/h2-9,19H,10-13H2,1H3,(H,20,21). The number of H-pyrrole nitrogens is 1. The lowest BCUT2D eigenvalue weighted by atomic mass is 10.2. The van der Waals surface area contributed by atoms with Gasteiger partial charge in [0.1, 0.15) is 18.2 Å². The van der Waals surface area contributed by atoms with Crippen LogP contribution >= 0.6 is 0 Å². The van der Waals surface area contributed by atoms with Crippen LogP contribution in [0.3, 0.4) is 0 Å². The third-order valence-corrected chi connectivity index (χ3v) is 3.61. The number of hydrogen-bond donors (Lipinski definition) is 2. The number of nitrogens with zero attached hydrogens (tertiary/aromatic N) is 1. The zero-order valence-electron chi connectivity index (χ0n) is 12.8. The molecule has 0 atom stereocenters.